The lowest BCUT2D eigenvalue weighted by Gasteiger charge is -2.12. The minimum atomic E-state index is -3.38. The average molecular weight is 397 g/mol. The molecule has 0 aliphatic rings. The van der Waals surface area contributed by atoms with Gasteiger partial charge in [-0.15, -0.1) is 11.3 Å². The first-order valence-electron chi connectivity index (χ1n) is 8.56. The minimum Gasteiger partial charge on any atom is -0.282 e. The van der Waals surface area contributed by atoms with E-state index in [1.165, 1.54) is 11.3 Å². The van der Waals surface area contributed by atoms with Gasteiger partial charge >= 0.3 is 0 Å². The van der Waals surface area contributed by atoms with Gasteiger partial charge in [0.25, 0.3) is 0 Å². The van der Waals surface area contributed by atoms with Crippen molar-refractivity contribution in [2.75, 3.05) is 4.72 Å². The Morgan fingerprint density at radius 2 is 1.74 bits per heavy atom. The van der Waals surface area contributed by atoms with Crippen molar-refractivity contribution in [2.45, 2.75) is 25.5 Å². The molecule has 1 heterocycles. The quantitative estimate of drug-likeness (QED) is 0.615. The van der Waals surface area contributed by atoms with Crippen LogP contribution in [-0.4, -0.2) is 13.7 Å². The first-order chi connectivity index (χ1) is 12.9. The third kappa shape index (κ3) is 4.38. The van der Waals surface area contributed by atoms with E-state index in [9.17, 15) is 8.42 Å². The number of thiophene rings is 1. The normalized spacial score (nSPS) is 11.3. The molecule has 0 amide bonds. The van der Waals surface area contributed by atoms with Crippen LogP contribution in [-0.2, 0) is 16.4 Å². The summed E-state index contributed by atoms with van der Waals surface area (Å²) in [4.78, 5) is 0.893. The Morgan fingerprint density at radius 1 is 1.04 bits per heavy atom. The zero-order valence-electron chi connectivity index (χ0n) is 15.1. The molecule has 6 heteroatoms. The third-order valence-corrected chi connectivity index (χ3v) is 6.94. The number of sulfonamides is 1. The standard InChI is InChI=1S/C21H20N2O2S2/c1-15(2)27(24,25)23-20-11-13-26-21(20)18-8-6-17(7-9-18)19-5-3-4-16(14-19)10-12-22/h3-9,11,13-15,23H,10H2,1-2H3. The van der Waals surface area contributed by atoms with Crippen LogP contribution in [0.3, 0.4) is 0 Å². The monoisotopic (exact) mass is 396 g/mol. The van der Waals surface area contributed by atoms with Gasteiger partial charge in [0.15, 0.2) is 0 Å². The van der Waals surface area contributed by atoms with Crippen molar-refractivity contribution in [1.82, 2.24) is 0 Å². The molecule has 0 aliphatic carbocycles. The number of anilines is 1. The van der Waals surface area contributed by atoms with Crippen LogP contribution in [0.4, 0.5) is 5.69 Å². The molecular formula is C21H20N2O2S2. The van der Waals surface area contributed by atoms with Crippen molar-refractivity contribution < 1.29 is 8.42 Å². The largest absolute Gasteiger partial charge is 0.282 e. The van der Waals surface area contributed by atoms with Gasteiger partial charge < -0.3 is 0 Å². The van der Waals surface area contributed by atoms with E-state index in [0.29, 0.717) is 12.1 Å². The highest BCUT2D eigenvalue weighted by atomic mass is 32.2. The Hall–Kier alpha value is -2.62. The van der Waals surface area contributed by atoms with Crippen molar-refractivity contribution >= 4 is 27.0 Å². The van der Waals surface area contributed by atoms with Crippen molar-refractivity contribution in [3.05, 3.63) is 65.5 Å². The van der Waals surface area contributed by atoms with E-state index in [2.05, 4.69) is 10.8 Å². The summed E-state index contributed by atoms with van der Waals surface area (Å²) < 4.78 is 27.0. The van der Waals surface area contributed by atoms with Crippen LogP contribution in [0.1, 0.15) is 19.4 Å². The molecule has 3 aromatic rings. The summed E-state index contributed by atoms with van der Waals surface area (Å²) in [6.07, 6.45) is 0.389. The molecule has 1 N–H and O–H groups in total. The van der Waals surface area contributed by atoms with Crippen molar-refractivity contribution in [2.24, 2.45) is 0 Å². The minimum absolute atomic E-state index is 0.389. The molecule has 0 aliphatic heterocycles. The fourth-order valence-electron chi connectivity index (χ4n) is 2.65. The number of nitrogens with zero attached hydrogens (tertiary/aromatic N) is 1. The summed E-state index contributed by atoms with van der Waals surface area (Å²) >= 11 is 1.50. The van der Waals surface area contributed by atoms with Gasteiger partial charge in [-0.05, 0) is 47.5 Å². The Labute approximate surface area is 164 Å². The number of nitrogens with one attached hydrogen (secondary N) is 1. The highest BCUT2D eigenvalue weighted by molar-refractivity contribution is 7.93. The SMILES string of the molecule is CC(C)S(=O)(=O)Nc1ccsc1-c1ccc(-c2cccc(CC#N)c2)cc1. The van der Waals surface area contributed by atoms with Gasteiger partial charge in [-0.3, -0.25) is 4.72 Å². The molecule has 4 nitrogen and oxygen atoms in total. The van der Waals surface area contributed by atoms with Crippen molar-refractivity contribution in [3.63, 3.8) is 0 Å². The zero-order chi connectivity index (χ0) is 19.4. The Kier molecular flexibility index (Phi) is 5.64. The molecule has 1 aromatic heterocycles. The molecule has 0 spiro atoms. The summed E-state index contributed by atoms with van der Waals surface area (Å²) in [6.45, 7) is 3.31. The molecule has 0 radical (unpaired) electrons. The molecule has 138 valence electrons. The van der Waals surface area contributed by atoms with Crippen LogP contribution in [0.2, 0.25) is 0 Å². The lowest BCUT2D eigenvalue weighted by Crippen LogP contribution is -2.22. The lowest BCUT2D eigenvalue weighted by atomic mass is 10.0. The maximum atomic E-state index is 12.2. The van der Waals surface area contributed by atoms with Crippen LogP contribution < -0.4 is 4.72 Å². The Balaban J connectivity index is 1.88. The topological polar surface area (TPSA) is 70.0 Å². The smallest absolute Gasteiger partial charge is 0.235 e. The van der Waals surface area contributed by atoms with E-state index in [1.807, 2.05) is 53.9 Å². The van der Waals surface area contributed by atoms with E-state index in [4.69, 9.17) is 5.26 Å². The summed E-state index contributed by atoms with van der Waals surface area (Å²) in [6, 6.07) is 19.9. The number of nitriles is 1. The van der Waals surface area contributed by atoms with E-state index in [0.717, 1.165) is 27.1 Å². The lowest BCUT2D eigenvalue weighted by molar-refractivity contribution is 0.593. The maximum Gasteiger partial charge on any atom is 0.235 e. The van der Waals surface area contributed by atoms with Gasteiger partial charge in [-0.1, -0.05) is 48.5 Å². The fraction of sp³-hybridized carbons (Fsp3) is 0.190. The van der Waals surface area contributed by atoms with Crippen molar-refractivity contribution in [1.29, 1.82) is 5.26 Å². The molecule has 27 heavy (non-hydrogen) atoms. The highest BCUT2D eigenvalue weighted by Gasteiger charge is 2.18. The molecule has 2 aromatic carbocycles. The number of rotatable bonds is 6. The number of benzene rings is 2. The molecule has 0 saturated carbocycles. The van der Waals surface area contributed by atoms with Gasteiger partial charge in [0.1, 0.15) is 0 Å². The van der Waals surface area contributed by atoms with Crippen LogP contribution in [0.25, 0.3) is 21.6 Å². The molecule has 0 atom stereocenters. The fourth-order valence-corrected chi connectivity index (χ4v) is 4.29. The van der Waals surface area contributed by atoms with Gasteiger partial charge in [0.05, 0.1) is 28.3 Å². The Morgan fingerprint density at radius 3 is 2.41 bits per heavy atom. The second kappa shape index (κ2) is 7.95. The Bertz CT molecular complexity index is 1080. The molecule has 0 fully saturated rings. The van der Waals surface area contributed by atoms with E-state index >= 15 is 0 Å². The zero-order valence-corrected chi connectivity index (χ0v) is 16.8. The van der Waals surface area contributed by atoms with Gasteiger partial charge in [-0.2, -0.15) is 5.26 Å². The predicted molar refractivity (Wildman–Crippen MR) is 112 cm³/mol. The second-order valence-corrected chi connectivity index (χ2v) is 9.62. The molecule has 0 bridgehead atoms. The summed E-state index contributed by atoms with van der Waals surface area (Å²) in [7, 11) is -3.38. The summed E-state index contributed by atoms with van der Waals surface area (Å²) in [5.74, 6) is 0. The van der Waals surface area contributed by atoms with E-state index in [1.54, 1.807) is 19.9 Å². The van der Waals surface area contributed by atoms with Crippen LogP contribution in [0, 0.1) is 11.3 Å². The van der Waals surface area contributed by atoms with Gasteiger partial charge in [0.2, 0.25) is 10.0 Å². The summed E-state index contributed by atoms with van der Waals surface area (Å²) in [5.41, 5.74) is 4.67. The molecule has 3 rings (SSSR count). The number of hydrogen-bond donors (Lipinski definition) is 1. The first-order valence-corrected chi connectivity index (χ1v) is 11.0. The van der Waals surface area contributed by atoms with Gasteiger partial charge in [0, 0.05) is 0 Å². The third-order valence-electron chi connectivity index (χ3n) is 4.23. The second-order valence-electron chi connectivity index (χ2n) is 6.47. The first kappa shape index (κ1) is 19.2. The van der Waals surface area contributed by atoms with Crippen LogP contribution >= 0.6 is 11.3 Å². The maximum absolute atomic E-state index is 12.2. The van der Waals surface area contributed by atoms with Crippen LogP contribution in [0.15, 0.2) is 60.0 Å². The summed E-state index contributed by atoms with van der Waals surface area (Å²) in [5, 5.41) is 10.3. The van der Waals surface area contributed by atoms with E-state index in [-0.39, 0.29) is 0 Å². The average Bonchev–Trinajstić information content (AvgIpc) is 3.09. The highest BCUT2D eigenvalue weighted by Crippen LogP contribution is 2.35. The predicted octanol–water partition coefficient (Wildman–Crippen LogP) is 5.30. The van der Waals surface area contributed by atoms with Gasteiger partial charge in [-0.25, -0.2) is 8.42 Å². The van der Waals surface area contributed by atoms with Crippen LogP contribution in [0.5, 0.6) is 0 Å². The number of hydrogen-bond acceptors (Lipinski definition) is 4. The van der Waals surface area contributed by atoms with Crippen molar-refractivity contribution in [3.8, 4) is 27.6 Å². The molecule has 0 unspecified atom stereocenters. The molecule has 0 saturated heterocycles. The van der Waals surface area contributed by atoms with E-state index < -0.39 is 15.3 Å². The molecular weight excluding hydrogens is 376 g/mol.